The van der Waals surface area contributed by atoms with Crippen LogP contribution < -0.4 is 25.4 Å². The summed E-state index contributed by atoms with van der Waals surface area (Å²) in [5, 5.41) is 14.9. The average Bonchev–Trinajstić information content (AvgIpc) is 3.20. The number of carboxylic acid groups (broad SMARTS) is 1. The topological polar surface area (TPSA) is 91.1 Å². The SMILES string of the molecule is CC1(C)c2c(cc3c4c2CCCN4CCC3)C(c2c(F)c(C(=O)NCCOCCOCCCCCCCl)c(F)c(F)c2C(=O)O)=c2cc3c4c(c21)CCC[N+]=4CCC3. The molecule has 8 rings (SSSR count). The van der Waals surface area contributed by atoms with Crippen molar-refractivity contribution in [2.45, 2.75) is 96.3 Å². The summed E-state index contributed by atoms with van der Waals surface area (Å²) in [5.41, 5.74) is 5.09. The maximum Gasteiger partial charge on any atom is 0.339 e. The second kappa shape index (κ2) is 17.0. The van der Waals surface area contributed by atoms with E-state index in [1.54, 1.807) is 0 Å². The molecule has 5 aliphatic rings. The Labute approximate surface area is 343 Å². The number of benzene rings is 3. The Bertz CT molecular complexity index is 2290. The number of hydrogen-bond acceptors (Lipinski definition) is 5. The molecule has 0 saturated heterocycles. The van der Waals surface area contributed by atoms with E-state index in [4.69, 9.17) is 21.1 Å². The molecule has 0 saturated carbocycles. The number of nitrogens with zero attached hydrogens (tertiary/aromatic N) is 2. The van der Waals surface area contributed by atoms with E-state index in [1.165, 1.54) is 11.0 Å². The summed E-state index contributed by atoms with van der Waals surface area (Å²) in [7, 11) is 0. The molecule has 0 fully saturated rings. The highest BCUT2D eigenvalue weighted by Crippen LogP contribution is 2.50. The van der Waals surface area contributed by atoms with Crippen molar-refractivity contribution in [2.24, 2.45) is 0 Å². The van der Waals surface area contributed by atoms with Gasteiger partial charge in [-0.2, -0.15) is 0 Å². The van der Waals surface area contributed by atoms with E-state index in [2.05, 4.69) is 40.8 Å². The summed E-state index contributed by atoms with van der Waals surface area (Å²) in [6.45, 7) is 9.28. The van der Waals surface area contributed by atoms with Gasteiger partial charge in [-0.05, 0) is 96.5 Å². The van der Waals surface area contributed by atoms with Gasteiger partial charge in [-0.25, -0.2) is 22.5 Å². The number of aryl methyl sites for hydroxylation is 2. The number of amides is 1. The van der Waals surface area contributed by atoms with Crippen LogP contribution in [-0.4, -0.2) is 82.0 Å². The van der Waals surface area contributed by atoms with Gasteiger partial charge in [0.25, 0.3) is 5.91 Å². The molecule has 1 amide bonds. The second-order valence-corrected chi connectivity index (χ2v) is 17.3. The first-order valence-electron chi connectivity index (χ1n) is 21.3. The molecule has 0 radical (unpaired) electrons. The predicted molar refractivity (Wildman–Crippen MR) is 219 cm³/mol. The quantitative estimate of drug-likeness (QED) is 0.0807. The van der Waals surface area contributed by atoms with Gasteiger partial charge >= 0.3 is 5.97 Å². The fourth-order valence-corrected chi connectivity index (χ4v) is 10.9. The zero-order chi connectivity index (χ0) is 40.7. The molecule has 0 aromatic heterocycles. The molecular formula is C46H54ClF3N3O5+. The van der Waals surface area contributed by atoms with Gasteiger partial charge in [-0.3, -0.25) is 4.79 Å². The van der Waals surface area contributed by atoms with Crippen LogP contribution >= 0.6 is 11.6 Å². The minimum Gasteiger partial charge on any atom is -0.478 e. The molecule has 8 nitrogen and oxygen atoms in total. The summed E-state index contributed by atoms with van der Waals surface area (Å²) < 4.78 is 63.6. The van der Waals surface area contributed by atoms with Crippen LogP contribution in [0.2, 0.25) is 0 Å². The lowest BCUT2D eigenvalue weighted by atomic mass is 9.63. The van der Waals surface area contributed by atoms with Crippen LogP contribution in [0.1, 0.15) is 130 Å². The summed E-state index contributed by atoms with van der Waals surface area (Å²) in [6.07, 6.45) is 10.9. The summed E-state index contributed by atoms with van der Waals surface area (Å²) in [4.78, 5) is 29.2. The van der Waals surface area contributed by atoms with Crippen LogP contribution in [0.4, 0.5) is 18.9 Å². The van der Waals surface area contributed by atoms with E-state index in [0.717, 1.165) is 137 Å². The number of carboxylic acids is 1. The smallest absolute Gasteiger partial charge is 0.339 e. The number of nitrogens with one attached hydrogen (secondary N) is 1. The average molecular weight is 821 g/mol. The van der Waals surface area contributed by atoms with Gasteiger partial charge in [0.15, 0.2) is 11.6 Å². The van der Waals surface area contributed by atoms with Crippen LogP contribution in [-0.2, 0) is 40.6 Å². The summed E-state index contributed by atoms with van der Waals surface area (Å²) in [5.74, 6) is -7.32. The summed E-state index contributed by atoms with van der Waals surface area (Å²) in [6, 6.07) is 4.11. The van der Waals surface area contributed by atoms with Crippen molar-refractivity contribution < 1.29 is 37.3 Å². The third kappa shape index (κ3) is 7.12. The van der Waals surface area contributed by atoms with Gasteiger partial charge in [0, 0.05) is 78.3 Å². The Balaban J connectivity index is 1.25. The number of unbranched alkanes of at least 4 members (excludes halogenated alkanes) is 3. The third-order valence-electron chi connectivity index (χ3n) is 12.9. The number of carbonyl (C=O) groups excluding carboxylic acids is 1. The van der Waals surface area contributed by atoms with E-state index in [1.807, 2.05) is 0 Å². The van der Waals surface area contributed by atoms with Gasteiger partial charge < -0.3 is 24.8 Å². The van der Waals surface area contributed by atoms with Crippen molar-refractivity contribution in [1.29, 1.82) is 0 Å². The fourth-order valence-electron chi connectivity index (χ4n) is 10.7. The molecule has 2 N–H and O–H groups in total. The van der Waals surface area contributed by atoms with Gasteiger partial charge in [-0.1, -0.05) is 26.7 Å². The monoisotopic (exact) mass is 820 g/mol. The molecule has 0 bridgehead atoms. The fraction of sp³-hybridized carbons (Fsp3) is 0.543. The van der Waals surface area contributed by atoms with E-state index < -0.39 is 51.4 Å². The number of carbonyl (C=O) groups is 2. The van der Waals surface area contributed by atoms with Crippen LogP contribution in [0.3, 0.4) is 0 Å². The van der Waals surface area contributed by atoms with E-state index in [-0.39, 0.29) is 25.3 Å². The predicted octanol–water partition coefficient (Wildman–Crippen LogP) is 6.33. The van der Waals surface area contributed by atoms with Crippen molar-refractivity contribution >= 4 is 34.7 Å². The highest BCUT2D eigenvalue weighted by molar-refractivity contribution is 6.17. The van der Waals surface area contributed by atoms with Crippen molar-refractivity contribution in [3.05, 3.63) is 95.8 Å². The van der Waals surface area contributed by atoms with Crippen LogP contribution in [0, 0.1) is 17.5 Å². The molecule has 0 spiro atoms. The van der Waals surface area contributed by atoms with Crippen molar-refractivity contribution in [2.75, 3.05) is 69.9 Å². The Morgan fingerprint density at radius 3 is 2.24 bits per heavy atom. The van der Waals surface area contributed by atoms with Crippen LogP contribution in [0.25, 0.3) is 5.57 Å². The molecule has 4 heterocycles. The van der Waals surface area contributed by atoms with Crippen molar-refractivity contribution in [3.8, 4) is 0 Å². The number of anilines is 1. The van der Waals surface area contributed by atoms with Gasteiger partial charge in [0.1, 0.15) is 30.0 Å². The van der Waals surface area contributed by atoms with E-state index >= 15 is 13.2 Å². The lowest BCUT2D eigenvalue weighted by Gasteiger charge is -2.44. The molecule has 12 heteroatoms. The lowest BCUT2D eigenvalue weighted by molar-refractivity contribution is 0.0468. The first-order valence-corrected chi connectivity index (χ1v) is 21.8. The van der Waals surface area contributed by atoms with E-state index in [0.29, 0.717) is 29.9 Å². The molecular weight excluding hydrogens is 767 g/mol. The maximum atomic E-state index is 17.6. The number of aromatic carboxylic acids is 1. The number of fused-ring (bicyclic) bond motifs is 4. The standard InChI is InChI=1S/C46H53ClF3N3O5/c1-46(2)37-29-13-9-19-52-17-7-11-27(42(29)52)25-31(37)33(32-26-28-12-8-18-53-20-10-14-30(38(32)46)43(28)53)34-35(45(55)56)40(49)41(50)36(39(34)48)44(54)51-16-22-58-24-23-57-21-6-4-3-5-15-47/h25-26H,3-24H2,1-2H3,(H-,51,54,55,56)/p+1. The first kappa shape index (κ1) is 40.8. The first-order chi connectivity index (χ1) is 28.1. The molecule has 58 heavy (non-hydrogen) atoms. The van der Waals surface area contributed by atoms with Crippen molar-refractivity contribution in [1.82, 2.24) is 9.89 Å². The molecule has 3 aromatic carbocycles. The Morgan fingerprint density at radius 2 is 1.48 bits per heavy atom. The zero-order valence-electron chi connectivity index (χ0n) is 33.7. The molecule has 4 aliphatic heterocycles. The van der Waals surface area contributed by atoms with Gasteiger partial charge in [0.05, 0.1) is 19.8 Å². The Hall–Kier alpha value is -3.93. The van der Waals surface area contributed by atoms with Gasteiger partial charge in [-0.15, -0.1) is 11.6 Å². The summed E-state index contributed by atoms with van der Waals surface area (Å²) >= 11 is 5.72. The molecule has 0 atom stereocenters. The number of halogens is 4. The van der Waals surface area contributed by atoms with Crippen molar-refractivity contribution in [3.63, 3.8) is 0 Å². The molecule has 1 aliphatic carbocycles. The maximum absolute atomic E-state index is 17.6. The number of ether oxygens (including phenoxy) is 2. The largest absolute Gasteiger partial charge is 0.478 e. The number of alkyl halides is 1. The number of hydrogen-bond donors (Lipinski definition) is 2. The lowest BCUT2D eigenvalue weighted by Crippen LogP contribution is -2.49. The normalized spacial score (nSPS) is 17.4. The minimum absolute atomic E-state index is 0.0274. The minimum atomic E-state index is -1.83. The highest BCUT2D eigenvalue weighted by atomic mass is 35.5. The Morgan fingerprint density at radius 1 is 0.810 bits per heavy atom. The second-order valence-electron chi connectivity index (χ2n) is 16.9. The highest BCUT2D eigenvalue weighted by Gasteiger charge is 2.45. The van der Waals surface area contributed by atoms with E-state index in [9.17, 15) is 14.7 Å². The van der Waals surface area contributed by atoms with Gasteiger partial charge in [0.2, 0.25) is 5.36 Å². The molecule has 3 aromatic rings. The number of rotatable bonds is 15. The van der Waals surface area contributed by atoms with Crippen LogP contribution in [0.15, 0.2) is 12.1 Å². The zero-order valence-corrected chi connectivity index (χ0v) is 34.5. The molecule has 0 unspecified atom stereocenters. The Kier molecular flexibility index (Phi) is 11.9. The van der Waals surface area contributed by atoms with Crippen LogP contribution in [0.5, 0.6) is 0 Å². The third-order valence-corrected chi connectivity index (χ3v) is 13.2. The molecule has 310 valence electrons.